The zero-order valence-electron chi connectivity index (χ0n) is 13.8. The van der Waals surface area contributed by atoms with Gasteiger partial charge >= 0.3 is 0 Å². The maximum absolute atomic E-state index is 12.8. The Labute approximate surface area is 149 Å². The van der Waals surface area contributed by atoms with E-state index in [0.717, 1.165) is 16.0 Å². The number of hydrogen-bond acceptors (Lipinski definition) is 3. The maximum Gasteiger partial charge on any atom is 0.268 e. The Hall–Kier alpha value is -2.79. The summed E-state index contributed by atoms with van der Waals surface area (Å²) < 4.78 is 7.41. The van der Waals surface area contributed by atoms with Gasteiger partial charge in [0, 0.05) is 5.39 Å². The highest BCUT2D eigenvalue weighted by molar-refractivity contribution is 7.16. The van der Waals surface area contributed by atoms with Crippen molar-refractivity contribution in [3.05, 3.63) is 83.3 Å². The summed E-state index contributed by atoms with van der Waals surface area (Å²) in [4.78, 5) is 13.9. The zero-order valence-corrected chi connectivity index (χ0v) is 14.6. The standard InChI is InChI=1S/C20H18N2O2S/c1-14(15-6-3-2-4-7-15)22-18(12-16-9-11-25-20(16)22)19(23)21-13-17-8-5-10-24-17/h2-12,14H,13H2,1H3,(H,21,23)/t14-/m1/s1. The van der Waals surface area contributed by atoms with Crippen molar-refractivity contribution in [2.24, 2.45) is 0 Å². The SMILES string of the molecule is C[C@H](c1ccccc1)n1c(C(=O)NCc2ccco2)cc2ccsc21. The van der Waals surface area contributed by atoms with Gasteiger partial charge in [-0.15, -0.1) is 11.3 Å². The molecule has 0 radical (unpaired) electrons. The largest absolute Gasteiger partial charge is 0.467 e. The van der Waals surface area contributed by atoms with Crippen LogP contribution in [-0.2, 0) is 6.54 Å². The van der Waals surface area contributed by atoms with Crippen LogP contribution in [0.2, 0.25) is 0 Å². The molecule has 0 unspecified atom stereocenters. The third kappa shape index (κ3) is 2.98. The van der Waals surface area contributed by atoms with Crippen molar-refractivity contribution in [1.82, 2.24) is 9.88 Å². The van der Waals surface area contributed by atoms with Gasteiger partial charge in [-0.1, -0.05) is 30.3 Å². The molecule has 25 heavy (non-hydrogen) atoms. The molecule has 3 aromatic heterocycles. The number of nitrogens with zero attached hydrogens (tertiary/aromatic N) is 1. The van der Waals surface area contributed by atoms with Gasteiger partial charge in [-0.25, -0.2) is 0 Å². The van der Waals surface area contributed by atoms with Crippen LogP contribution in [0, 0.1) is 0 Å². The first-order valence-corrected chi connectivity index (χ1v) is 9.06. The van der Waals surface area contributed by atoms with E-state index >= 15 is 0 Å². The van der Waals surface area contributed by atoms with E-state index in [9.17, 15) is 4.79 Å². The Morgan fingerprint density at radius 3 is 2.80 bits per heavy atom. The van der Waals surface area contributed by atoms with Gasteiger partial charge < -0.3 is 14.3 Å². The summed E-state index contributed by atoms with van der Waals surface area (Å²) >= 11 is 1.66. The van der Waals surface area contributed by atoms with Crippen LogP contribution in [0.15, 0.2) is 70.7 Å². The first-order chi connectivity index (χ1) is 12.2. The summed E-state index contributed by atoms with van der Waals surface area (Å²) in [6.07, 6.45) is 1.61. The molecule has 0 saturated heterocycles. The molecule has 4 aromatic rings. The molecule has 3 heterocycles. The van der Waals surface area contributed by atoms with Crippen molar-refractivity contribution in [3.8, 4) is 0 Å². The topological polar surface area (TPSA) is 47.2 Å². The number of furan rings is 1. The van der Waals surface area contributed by atoms with Crippen LogP contribution in [0.4, 0.5) is 0 Å². The summed E-state index contributed by atoms with van der Waals surface area (Å²) in [6.45, 7) is 2.50. The fourth-order valence-corrected chi connectivity index (χ4v) is 4.03. The smallest absolute Gasteiger partial charge is 0.268 e. The first kappa shape index (κ1) is 15.7. The number of thiophene rings is 1. The number of carbonyl (C=O) groups is 1. The summed E-state index contributed by atoms with van der Waals surface area (Å²) in [7, 11) is 0. The van der Waals surface area contributed by atoms with E-state index < -0.39 is 0 Å². The van der Waals surface area contributed by atoms with Gasteiger partial charge in [0.25, 0.3) is 5.91 Å². The fraction of sp³-hybridized carbons (Fsp3) is 0.150. The molecule has 0 spiro atoms. The molecular weight excluding hydrogens is 332 g/mol. The molecule has 1 atom stereocenters. The molecule has 4 rings (SSSR count). The van der Waals surface area contributed by atoms with E-state index in [1.165, 1.54) is 5.56 Å². The van der Waals surface area contributed by atoms with Crippen LogP contribution in [0.1, 0.15) is 34.8 Å². The van der Waals surface area contributed by atoms with E-state index in [4.69, 9.17) is 4.42 Å². The molecule has 0 aliphatic heterocycles. The van der Waals surface area contributed by atoms with E-state index in [2.05, 4.69) is 40.4 Å². The van der Waals surface area contributed by atoms with Crippen LogP contribution in [-0.4, -0.2) is 10.5 Å². The normalized spacial score (nSPS) is 12.4. The maximum atomic E-state index is 12.8. The quantitative estimate of drug-likeness (QED) is 0.560. The molecule has 0 bridgehead atoms. The second kappa shape index (κ2) is 6.61. The molecule has 0 fully saturated rings. The molecule has 0 aliphatic rings. The minimum atomic E-state index is -0.0948. The molecule has 0 aliphatic carbocycles. The van der Waals surface area contributed by atoms with Crippen molar-refractivity contribution in [1.29, 1.82) is 0 Å². The van der Waals surface area contributed by atoms with Crippen molar-refractivity contribution in [2.45, 2.75) is 19.5 Å². The highest BCUT2D eigenvalue weighted by Gasteiger charge is 2.21. The summed E-state index contributed by atoms with van der Waals surface area (Å²) in [5, 5.41) is 6.10. The number of rotatable bonds is 5. The van der Waals surface area contributed by atoms with Gasteiger partial charge in [0.05, 0.1) is 18.8 Å². The molecule has 1 N–H and O–H groups in total. The Morgan fingerprint density at radius 2 is 2.04 bits per heavy atom. The van der Waals surface area contributed by atoms with E-state index in [-0.39, 0.29) is 11.9 Å². The number of aromatic nitrogens is 1. The predicted molar refractivity (Wildman–Crippen MR) is 99.9 cm³/mol. The fourth-order valence-electron chi connectivity index (χ4n) is 3.05. The zero-order chi connectivity index (χ0) is 17.2. The van der Waals surface area contributed by atoms with Crippen LogP contribution < -0.4 is 5.32 Å². The van der Waals surface area contributed by atoms with Gasteiger partial charge in [0.1, 0.15) is 16.3 Å². The average molecular weight is 350 g/mol. The lowest BCUT2D eigenvalue weighted by molar-refractivity contribution is 0.0938. The minimum Gasteiger partial charge on any atom is -0.467 e. The molecule has 1 amide bonds. The first-order valence-electron chi connectivity index (χ1n) is 8.18. The molecule has 4 nitrogen and oxygen atoms in total. The molecule has 5 heteroatoms. The number of hydrogen-bond donors (Lipinski definition) is 1. The van der Waals surface area contributed by atoms with Gasteiger partial charge in [0.2, 0.25) is 0 Å². The number of amides is 1. The lowest BCUT2D eigenvalue weighted by Gasteiger charge is -2.18. The highest BCUT2D eigenvalue weighted by atomic mass is 32.1. The third-order valence-corrected chi connectivity index (χ3v) is 5.28. The Balaban J connectivity index is 1.69. The van der Waals surface area contributed by atoms with Gasteiger partial charge in [-0.05, 0) is 42.1 Å². The summed E-state index contributed by atoms with van der Waals surface area (Å²) in [5.74, 6) is 0.645. The average Bonchev–Trinajstić information content (AvgIpc) is 3.36. The van der Waals surface area contributed by atoms with Crippen LogP contribution in [0.25, 0.3) is 10.2 Å². The molecule has 126 valence electrons. The summed E-state index contributed by atoms with van der Waals surface area (Å²) in [6, 6.07) is 18.0. The van der Waals surface area contributed by atoms with Crippen molar-refractivity contribution >= 4 is 27.5 Å². The lowest BCUT2D eigenvalue weighted by Crippen LogP contribution is -2.26. The number of carbonyl (C=O) groups excluding carboxylic acids is 1. The van der Waals surface area contributed by atoms with Crippen molar-refractivity contribution in [2.75, 3.05) is 0 Å². The van der Waals surface area contributed by atoms with Crippen molar-refractivity contribution < 1.29 is 9.21 Å². The van der Waals surface area contributed by atoms with Crippen LogP contribution in [0.3, 0.4) is 0 Å². The van der Waals surface area contributed by atoms with Crippen LogP contribution >= 0.6 is 11.3 Å². The molecular formula is C20H18N2O2S. The Bertz CT molecular complexity index is 983. The Morgan fingerprint density at radius 1 is 1.20 bits per heavy atom. The van der Waals surface area contributed by atoms with Gasteiger partial charge in [0.15, 0.2) is 0 Å². The number of benzene rings is 1. The van der Waals surface area contributed by atoms with Gasteiger partial charge in [-0.3, -0.25) is 4.79 Å². The predicted octanol–water partition coefficient (Wildman–Crippen LogP) is 4.84. The van der Waals surface area contributed by atoms with Gasteiger partial charge in [-0.2, -0.15) is 0 Å². The molecule has 1 aromatic carbocycles. The van der Waals surface area contributed by atoms with Crippen molar-refractivity contribution in [3.63, 3.8) is 0 Å². The molecule has 0 saturated carbocycles. The number of fused-ring (bicyclic) bond motifs is 1. The summed E-state index contributed by atoms with van der Waals surface area (Å²) in [5.41, 5.74) is 1.85. The highest BCUT2D eigenvalue weighted by Crippen LogP contribution is 2.31. The third-order valence-electron chi connectivity index (χ3n) is 4.35. The minimum absolute atomic E-state index is 0.0710. The second-order valence-electron chi connectivity index (χ2n) is 5.93. The lowest BCUT2D eigenvalue weighted by atomic mass is 10.1. The van der Waals surface area contributed by atoms with E-state index in [1.807, 2.05) is 36.4 Å². The van der Waals surface area contributed by atoms with E-state index in [0.29, 0.717) is 12.2 Å². The monoisotopic (exact) mass is 350 g/mol. The number of nitrogens with one attached hydrogen (secondary N) is 1. The van der Waals surface area contributed by atoms with Crippen LogP contribution in [0.5, 0.6) is 0 Å². The van der Waals surface area contributed by atoms with E-state index in [1.54, 1.807) is 17.6 Å². The second-order valence-corrected chi connectivity index (χ2v) is 6.82. The Kier molecular flexibility index (Phi) is 4.15.